The molecule has 172 valence electrons. The molecule has 2 atom stereocenters. The van der Waals surface area contributed by atoms with Crippen LogP contribution in [-0.2, 0) is 10.9 Å². The summed E-state index contributed by atoms with van der Waals surface area (Å²) < 4.78 is 50.6. The van der Waals surface area contributed by atoms with E-state index in [9.17, 15) is 18.0 Å². The Hall–Kier alpha value is -2.07. The van der Waals surface area contributed by atoms with E-state index in [0.29, 0.717) is 37.5 Å². The zero-order valence-electron chi connectivity index (χ0n) is 17.0. The number of ether oxygens (including phenoxy) is 2. The summed E-state index contributed by atoms with van der Waals surface area (Å²) in [4.78, 5) is 20.9. The molecule has 2 fully saturated rings. The predicted octanol–water partition coefficient (Wildman–Crippen LogP) is 4.31. The number of carbonyl (C=O) groups is 1. The van der Waals surface area contributed by atoms with Crippen molar-refractivity contribution in [2.45, 2.75) is 18.3 Å². The zero-order valence-corrected chi connectivity index (χ0v) is 18.5. The van der Waals surface area contributed by atoms with Gasteiger partial charge >= 0.3 is 6.18 Å². The number of hydrogen-bond acceptors (Lipinski definition) is 5. The molecular weight excluding hydrogens is 470 g/mol. The minimum Gasteiger partial charge on any atom is -0.495 e. The van der Waals surface area contributed by atoms with Gasteiger partial charge in [-0.25, -0.2) is 0 Å². The third kappa shape index (κ3) is 4.52. The number of morpholine rings is 1. The highest BCUT2D eigenvalue weighted by atomic mass is 35.5. The fourth-order valence-electron chi connectivity index (χ4n) is 4.00. The second-order valence-electron chi connectivity index (χ2n) is 7.63. The largest absolute Gasteiger partial charge is 0.495 e. The van der Waals surface area contributed by atoms with Gasteiger partial charge in [0.25, 0.3) is 5.91 Å². The lowest BCUT2D eigenvalue weighted by Crippen LogP contribution is -2.59. The number of piperazine rings is 1. The van der Waals surface area contributed by atoms with Crippen LogP contribution in [0.5, 0.6) is 5.75 Å². The van der Waals surface area contributed by atoms with Crippen LogP contribution in [0.4, 0.5) is 13.2 Å². The van der Waals surface area contributed by atoms with Gasteiger partial charge in [-0.05, 0) is 18.2 Å². The van der Waals surface area contributed by atoms with Crippen molar-refractivity contribution in [1.82, 2.24) is 14.8 Å². The lowest BCUT2D eigenvalue weighted by Gasteiger charge is -2.46. The molecule has 2 saturated heterocycles. The minimum absolute atomic E-state index is 0.0808. The van der Waals surface area contributed by atoms with Crippen molar-refractivity contribution in [2.75, 3.05) is 39.9 Å². The quantitative estimate of drug-likeness (QED) is 0.642. The smallest absolute Gasteiger partial charge is 0.417 e. The maximum atomic E-state index is 13.2. The lowest BCUT2D eigenvalue weighted by molar-refractivity contribution is -0.137. The molecule has 1 aromatic carbocycles. The van der Waals surface area contributed by atoms with Crippen LogP contribution in [0.25, 0.3) is 0 Å². The second-order valence-corrected chi connectivity index (χ2v) is 8.42. The van der Waals surface area contributed by atoms with Gasteiger partial charge < -0.3 is 14.4 Å². The third-order valence-corrected chi connectivity index (χ3v) is 6.40. The molecule has 6 nitrogen and oxygen atoms in total. The molecule has 2 aromatic rings. The number of fused-ring (bicyclic) bond motifs is 1. The molecule has 4 rings (SSSR count). The minimum atomic E-state index is -4.57. The number of halogens is 5. The van der Waals surface area contributed by atoms with Crippen molar-refractivity contribution in [2.24, 2.45) is 0 Å². The first-order chi connectivity index (χ1) is 15.2. The molecule has 1 aromatic heterocycles. The first kappa shape index (κ1) is 23.1. The molecule has 3 heterocycles. The van der Waals surface area contributed by atoms with Crippen molar-refractivity contribution in [3.63, 3.8) is 0 Å². The van der Waals surface area contributed by atoms with E-state index in [0.717, 1.165) is 12.3 Å². The summed E-state index contributed by atoms with van der Waals surface area (Å²) in [6, 6.07) is 5.90. The Morgan fingerprint density at radius 1 is 1.25 bits per heavy atom. The standard InChI is InChI=1S/C21H20Cl2F3N3O3/c1-31-17-4-2-3-13(19(17)23)20(30)29-6-5-28-10-18(32-11-12(28)9-29)16-7-14(21(24,25)26)15(22)8-27-16/h2-4,7-8,12,18H,5-6,9-11H2,1H3/t12-,18-/m0/s1. The van der Waals surface area contributed by atoms with E-state index >= 15 is 0 Å². The number of carbonyl (C=O) groups excluding carboxylic acids is 1. The highest BCUT2D eigenvalue weighted by molar-refractivity contribution is 6.35. The second kappa shape index (κ2) is 9.05. The van der Waals surface area contributed by atoms with E-state index in [1.54, 1.807) is 23.1 Å². The number of nitrogens with zero attached hydrogens (tertiary/aromatic N) is 3. The summed E-state index contributed by atoms with van der Waals surface area (Å²) in [5.41, 5.74) is -0.388. The van der Waals surface area contributed by atoms with Crippen LogP contribution in [0.15, 0.2) is 30.5 Å². The topological polar surface area (TPSA) is 54.9 Å². The molecule has 1 amide bonds. The number of methoxy groups -OCH3 is 1. The van der Waals surface area contributed by atoms with E-state index in [2.05, 4.69) is 9.88 Å². The Kier molecular flexibility index (Phi) is 6.53. The average molecular weight is 490 g/mol. The van der Waals surface area contributed by atoms with E-state index in [-0.39, 0.29) is 29.3 Å². The number of aromatic nitrogens is 1. The molecule has 0 saturated carbocycles. The van der Waals surface area contributed by atoms with Gasteiger partial charge in [-0.1, -0.05) is 29.3 Å². The summed E-state index contributed by atoms with van der Waals surface area (Å²) in [5.74, 6) is 0.221. The van der Waals surface area contributed by atoms with Crippen LogP contribution >= 0.6 is 23.2 Å². The molecule has 11 heteroatoms. The first-order valence-electron chi connectivity index (χ1n) is 9.89. The van der Waals surface area contributed by atoms with Crippen LogP contribution in [-0.4, -0.2) is 66.6 Å². The lowest BCUT2D eigenvalue weighted by atomic mass is 10.0. The fourth-order valence-corrected chi connectivity index (χ4v) is 4.49. The van der Waals surface area contributed by atoms with Gasteiger partial charge in [0.2, 0.25) is 0 Å². The fraction of sp³-hybridized carbons (Fsp3) is 0.429. The zero-order chi connectivity index (χ0) is 23.0. The summed E-state index contributed by atoms with van der Waals surface area (Å²) >= 11 is 12.0. The Morgan fingerprint density at radius 3 is 2.75 bits per heavy atom. The SMILES string of the molecule is COc1cccc(C(=O)N2CCN3C[C@@H](c4cc(C(F)(F)F)c(Cl)cn4)OC[C@@H]3C2)c1Cl. The van der Waals surface area contributed by atoms with Gasteiger partial charge in [-0.2, -0.15) is 13.2 Å². The van der Waals surface area contributed by atoms with Crippen LogP contribution in [0, 0.1) is 0 Å². The molecule has 0 N–H and O–H groups in total. The Bertz CT molecular complexity index is 1020. The number of pyridine rings is 1. The van der Waals surface area contributed by atoms with Gasteiger partial charge in [0.05, 0.1) is 46.6 Å². The van der Waals surface area contributed by atoms with Crippen LogP contribution in [0.1, 0.15) is 27.7 Å². The van der Waals surface area contributed by atoms with Crippen molar-refractivity contribution in [3.05, 3.63) is 57.3 Å². The molecule has 32 heavy (non-hydrogen) atoms. The average Bonchev–Trinajstić information content (AvgIpc) is 2.77. The number of alkyl halides is 3. The highest BCUT2D eigenvalue weighted by Crippen LogP contribution is 2.37. The van der Waals surface area contributed by atoms with Crippen LogP contribution in [0.3, 0.4) is 0 Å². The highest BCUT2D eigenvalue weighted by Gasteiger charge is 2.38. The Morgan fingerprint density at radius 2 is 2.03 bits per heavy atom. The van der Waals surface area contributed by atoms with Gasteiger partial charge in [0, 0.05) is 32.4 Å². The number of hydrogen-bond donors (Lipinski definition) is 0. The van der Waals surface area contributed by atoms with E-state index < -0.39 is 22.9 Å². The molecular formula is C21H20Cl2F3N3O3. The molecule has 2 aliphatic rings. The predicted molar refractivity (Wildman–Crippen MR) is 112 cm³/mol. The maximum Gasteiger partial charge on any atom is 0.417 e. The van der Waals surface area contributed by atoms with E-state index in [1.807, 2.05) is 0 Å². The summed E-state index contributed by atoms with van der Waals surface area (Å²) in [6.45, 7) is 2.06. The van der Waals surface area contributed by atoms with Crippen molar-refractivity contribution < 1.29 is 27.4 Å². The third-order valence-electron chi connectivity index (χ3n) is 5.71. The molecule has 0 aliphatic carbocycles. The van der Waals surface area contributed by atoms with E-state index in [1.165, 1.54) is 7.11 Å². The van der Waals surface area contributed by atoms with Crippen molar-refractivity contribution in [3.8, 4) is 5.75 Å². The van der Waals surface area contributed by atoms with Gasteiger partial charge in [-0.15, -0.1) is 0 Å². The number of amides is 1. The maximum absolute atomic E-state index is 13.2. The van der Waals surface area contributed by atoms with Crippen molar-refractivity contribution >= 4 is 29.1 Å². The molecule has 0 bridgehead atoms. The van der Waals surface area contributed by atoms with Gasteiger partial charge in [-0.3, -0.25) is 14.7 Å². The van der Waals surface area contributed by atoms with Crippen LogP contribution in [0.2, 0.25) is 10.0 Å². The molecule has 0 spiro atoms. The number of benzene rings is 1. The number of rotatable bonds is 3. The van der Waals surface area contributed by atoms with Crippen LogP contribution < -0.4 is 4.74 Å². The first-order valence-corrected chi connectivity index (χ1v) is 10.6. The van der Waals surface area contributed by atoms with E-state index in [4.69, 9.17) is 32.7 Å². The molecule has 0 radical (unpaired) electrons. The molecule has 2 aliphatic heterocycles. The normalized spacial score (nSPS) is 21.9. The monoisotopic (exact) mass is 489 g/mol. The van der Waals surface area contributed by atoms with Gasteiger partial charge in [0.15, 0.2) is 0 Å². The summed E-state index contributed by atoms with van der Waals surface area (Å²) in [7, 11) is 1.48. The molecule has 0 unspecified atom stereocenters. The van der Waals surface area contributed by atoms with Gasteiger partial charge in [0.1, 0.15) is 11.9 Å². The van der Waals surface area contributed by atoms with Crippen molar-refractivity contribution in [1.29, 1.82) is 0 Å². The Labute approximate surface area is 192 Å². The Balaban J connectivity index is 1.44. The summed E-state index contributed by atoms with van der Waals surface area (Å²) in [5, 5.41) is -0.185. The summed E-state index contributed by atoms with van der Waals surface area (Å²) in [6.07, 6.45) is -4.18.